The molecule has 2 rings (SSSR count). The van der Waals surface area contributed by atoms with Crippen molar-refractivity contribution >= 4 is 0 Å². The van der Waals surface area contributed by atoms with E-state index in [-0.39, 0.29) is 11.5 Å². The van der Waals surface area contributed by atoms with E-state index in [4.69, 9.17) is 0 Å². The second kappa shape index (κ2) is 4.81. The van der Waals surface area contributed by atoms with E-state index >= 15 is 0 Å². The maximum absolute atomic E-state index is 10.0. The van der Waals surface area contributed by atoms with E-state index in [0.717, 1.165) is 24.7 Å². The van der Waals surface area contributed by atoms with E-state index in [1.165, 1.54) is 12.0 Å². The zero-order chi connectivity index (χ0) is 12.5. The summed E-state index contributed by atoms with van der Waals surface area (Å²) >= 11 is 0. The van der Waals surface area contributed by atoms with Crippen LogP contribution in [0.4, 0.5) is 0 Å². The molecule has 17 heavy (non-hydrogen) atoms. The van der Waals surface area contributed by atoms with Crippen LogP contribution in [0.5, 0.6) is 0 Å². The molecule has 3 unspecified atom stereocenters. The first-order valence-electron chi connectivity index (χ1n) is 6.71. The minimum absolute atomic E-state index is 0.0249. The fourth-order valence-corrected chi connectivity index (χ4v) is 2.48. The van der Waals surface area contributed by atoms with Gasteiger partial charge in [0.1, 0.15) is 0 Å². The largest absolute Gasteiger partial charge is 0.393 e. The zero-order valence-corrected chi connectivity index (χ0v) is 11.2. The predicted octanol–water partition coefficient (Wildman–Crippen LogP) is 3.98. The van der Waals surface area contributed by atoms with Crippen LogP contribution in [0, 0.1) is 11.3 Å². The lowest BCUT2D eigenvalue weighted by Gasteiger charge is -2.25. The molecule has 0 spiro atoms. The van der Waals surface area contributed by atoms with Crippen LogP contribution in [0.3, 0.4) is 0 Å². The fraction of sp³-hybridized carbons (Fsp3) is 0.625. The highest BCUT2D eigenvalue weighted by molar-refractivity contribution is 5.25. The van der Waals surface area contributed by atoms with Gasteiger partial charge in [0.15, 0.2) is 0 Å². The molecular formula is C16H24O. The third-order valence-electron chi connectivity index (χ3n) is 3.96. The van der Waals surface area contributed by atoms with Crippen molar-refractivity contribution < 1.29 is 5.11 Å². The Balaban J connectivity index is 1.78. The Hall–Kier alpha value is -0.820. The maximum Gasteiger partial charge on any atom is 0.0588 e. The fourth-order valence-electron chi connectivity index (χ4n) is 2.48. The summed E-state index contributed by atoms with van der Waals surface area (Å²) in [6, 6.07) is 10.8. The quantitative estimate of drug-likeness (QED) is 0.832. The summed E-state index contributed by atoms with van der Waals surface area (Å²) in [5, 5.41) is 10.0. The average molecular weight is 232 g/mol. The molecule has 1 N–H and O–H groups in total. The van der Waals surface area contributed by atoms with Crippen molar-refractivity contribution in [3.8, 4) is 0 Å². The van der Waals surface area contributed by atoms with Gasteiger partial charge in [0.05, 0.1) is 6.10 Å². The molecule has 0 amide bonds. The third-order valence-corrected chi connectivity index (χ3v) is 3.96. The lowest BCUT2D eigenvalue weighted by atomic mass is 9.86. The first kappa shape index (κ1) is 12.6. The second-order valence-electron chi connectivity index (χ2n) is 6.47. The van der Waals surface area contributed by atoms with Crippen LogP contribution in [0.1, 0.15) is 51.5 Å². The molecule has 0 heterocycles. The number of hydrogen-bond donors (Lipinski definition) is 1. The number of aliphatic hydroxyl groups excluding tert-OH is 1. The van der Waals surface area contributed by atoms with Crippen LogP contribution in [0.2, 0.25) is 0 Å². The van der Waals surface area contributed by atoms with Crippen molar-refractivity contribution in [3.05, 3.63) is 35.9 Å². The normalized spacial score (nSPS) is 25.6. The van der Waals surface area contributed by atoms with Gasteiger partial charge in [-0.25, -0.2) is 0 Å². The van der Waals surface area contributed by atoms with E-state index in [9.17, 15) is 5.11 Å². The summed E-state index contributed by atoms with van der Waals surface area (Å²) in [4.78, 5) is 0. The van der Waals surface area contributed by atoms with Gasteiger partial charge in [-0.2, -0.15) is 0 Å². The molecule has 0 saturated heterocycles. The molecule has 0 aromatic heterocycles. The van der Waals surface area contributed by atoms with Gasteiger partial charge in [-0.3, -0.25) is 0 Å². The van der Waals surface area contributed by atoms with Gasteiger partial charge in [0.25, 0.3) is 0 Å². The van der Waals surface area contributed by atoms with Crippen LogP contribution >= 0.6 is 0 Å². The Morgan fingerprint density at radius 3 is 2.47 bits per heavy atom. The van der Waals surface area contributed by atoms with Gasteiger partial charge in [0, 0.05) is 0 Å². The van der Waals surface area contributed by atoms with Gasteiger partial charge in [-0.1, -0.05) is 51.1 Å². The Bertz CT molecular complexity index is 350. The van der Waals surface area contributed by atoms with E-state index in [0.29, 0.717) is 0 Å². The van der Waals surface area contributed by atoms with Crippen LogP contribution in [0.25, 0.3) is 0 Å². The monoisotopic (exact) mass is 232 g/mol. The summed E-state index contributed by atoms with van der Waals surface area (Å²) in [7, 11) is 0. The minimum atomic E-state index is -0.167. The summed E-state index contributed by atoms with van der Waals surface area (Å²) in [5.41, 5.74) is 1.50. The lowest BCUT2D eigenvalue weighted by molar-refractivity contribution is 0.0525. The highest BCUT2D eigenvalue weighted by atomic mass is 16.3. The first-order valence-corrected chi connectivity index (χ1v) is 6.71. The molecule has 0 aliphatic heterocycles. The van der Waals surface area contributed by atoms with Gasteiger partial charge >= 0.3 is 0 Å². The van der Waals surface area contributed by atoms with Crippen molar-refractivity contribution in [1.29, 1.82) is 0 Å². The molecule has 1 aliphatic carbocycles. The van der Waals surface area contributed by atoms with Gasteiger partial charge < -0.3 is 5.11 Å². The SMILES string of the molecule is CC(C)(C)C(O)CCC1CC1c1ccccc1. The first-order chi connectivity index (χ1) is 7.98. The van der Waals surface area contributed by atoms with Crippen molar-refractivity contribution in [3.63, 3.8) is 0 Å². The molecule has 1 aromatic rings. The molecule has 1 nitrogen and oxygen atoms in total. The van der Waals surface area contributed by atoms with Crippen LogP contribution < -0.4 is 0 Å². The number of benzene rings is 1. The standard InChI is InChI=1S/C16H24O/c1-16(2,3)15(17)10-9-13-11-14(13)12-7-5-4-6-8-12/h4-8,13-15,17H,9-11H2,1-3H3. The maximum atomic E-state index is 10.0. The number of aliphatic hydroxyl groups is 1. The number of rotatable bonds is 4. The molecular weight excluding hydrogens is 208 g/mol. The molecule has 1 aliphatic rings. The summed E-state index contributed by atoms with van der Waals surface area (Å²) in [5.74, 6) is 1.55. The van der Waals surface area contributed by atoms with E-state index in [1.807, 2.05) is 0 Å². The molecule has 1 fully saturated rings. The molecule has 1 saturated carbocycles. The highest BCUT2D eigenvalue weighted by Gasteiger charge is 2.38. The van der Waals surface area contributed by atoms with Crippen molar-refractivity contribution in [2.45, 2.75) is 52.1 Å². The smallest absolute Gasteiger partial charge is 0.0588 e. The van der Waals surface area contributed by atoms with Crippen LogP contribution in [-0.4, -0.2) is 11.2 Å². The average Bonchev–Trinajstić information content (AvgIpc) is 3.05. The van der Waals surface area contributed by atoms with E-state index in [2.05, 4.69) is 51.1 Å². The van der Waals surface area contributed by atoms with Crippen LogP contribution in [-0.2, 0) is 0 Å². The summed E-state index contributed by atoms with van der Waals surface area (Å²) in [6.07, 6.45) is 3.25. The van der Waals surface area contributed by atoms with Crippen molar-refractivity contribution in [2.75, 3.05) is 0 Å². The Morgan fingerprint density at radius 2 is 1.88 bits per heavy atom. The van der Waals surface area contributed by atoms with Gasteiger partial charge in [0.2, 0.25) is 0 Å². The van der Waals surface area contributed by atoms with E-state index < -0.39 is 0 Å². The Kier molecular flexibility index (Phi) is 3.58. The molecule has 0 bridgehead atoms. The summed E-state index contributed by atoms with van der Waals surface area (Å²) < 4.78 is 0. The molecule has 1 aromatic carbocycles. The minimum Gasteiger partial charge on any atom is -0.393 e. The molecule has 0 radical (unpaired) electrons. The highest BCUT2D eigenvalue weighted by Crippen LogP contribution is 2.50. The van der Waals surface area contributed by atoms with E-state index in [1.54, 1.807) is 0 Å². The zero-order valence-electron chi connectivity index (χ0n) is 11.2. The summed E-state index contributed by atoms with van der Waals surface area (Å²) in [6.45, 7) is 6.33. The van der Waals surface area contributed by atoms with Crippen molar-refractivity contribution in [2.24, 2.45) is 11.3 Å². The predicted molar refractivity (Wildman–Crippen MR) is 72.0 cm³/mol. The van der Waals surface area contributed by atoms with Gasteiger partial charge in [-0.05, 0) is 42.1 Å². The molecule has 3 atom stereocenters. The molecule has 94 valence electrons. The lowest BCUT2D eigenvalue weighted by Crippen LogP contribution is -2.25. The second-order valence-corrected chi connectivity index (χ2v) is 6.47. The molecule has 1 heteroatoms. The van der Waals surface area contributed by atoms with Crippen molar-refractivity contribution in [1.82, 2.24) is 0 Å². The Labute approximate surface area is 105 Å². The topological polar surface area (TPSA) is 20.2 Å². The van der Waals surface area contributed by atoms with Crippen LogP contribution in [0.15, 0.2) is 30.3 Å². The number of hydrogen-bond acceptors (Lipinski definition) is 1. The van der Waals surface area contributed by atoms with Gasteiger partial charge in [-0.15, -0.1) is 0 Å². The third kappa shape index (κ3) is 3.32. The Morgan fingerprint density at radius 1 is 1.24 bits per heavy atom.